The van der Waals surface area contributed by atoms with E-state index in [-0.39, 0.29) is 11.8 Å². The number of amides is 1. The fourth-order valence-corrected chi connectivity index (χ4v) is 2.82. The third-order valence-electron chi connectivity index (χ3n) is 4.49. The van der Waals surface area contributed by atoms with Crippen LogP contribution >= 0.6 is 0 Å². The predicted octanol–water partition coefficient (Wildman–Crippen LogP) is 1.71. The van der Waals surface area contributed by atoms with Crippen LogP contribution in [-0.4, -0.2) is 53.1 Å². The first kappa shape index (κ1) is 18.0. The van der Waals surface area contributed by atoms with E-state index in [0.717, 1.165) is 18.4 Å². The van der Waals surface area contributed by atoms with Crippen molar-refractivity contribution in [1.82, 2.24) is 25.1 Å². The Bertz CT molecular complexity index is 999. The Labute approximate surface area is 161 Å². The molecule has 0 radical (unpaired) electrons. The lowest BCUT2D eigenvalue weighted by Crippen LogP contribution is -2.29. The molecule has 0 spiro atoms. The van der Waals surface area contributed by atoms with Crippen LogP contribution in [-0.2, 0) is 4.79 Å². The van der Waals surface area contributed by atoms with E-state index in [1.807, 2.05) is 12.1 Å². The monoisotopic (exact) mass is 383 g/mol. The van der Waals surface area contributed by atoms with Crippen molar-refractivity contribution in [2.45, 2.75) is 12.8 Å². The van der Waals surface area contributed by atoms with Gasteiger partial charge in [0.1, 0.15) is 18.1 Å². The second-order valence-corrected chi connectivity index (χ2v) is 6.45. The van der Waals surface area contributed by atoms with E-state index < -0.39 is 0 Å². The number of nitrogens with zero attached hydrogens (tertiary/aromatic N) is 4. The number of benzene rings is 1. The zero-order chi connectivity index (χ0) is 19.5. The Morgan fingerprint density at radius 2 is 2.04 bits per heavy atom. The standard InChI is InChI=1S/C19H21N5O4/c1-26-13-5-6-14(15(11-13)27-2)18-22-21-16-7-8-17(23-24(16)18)28-10-9-20-19(25)12-3-4-12/h5-8,11-12H,3-4,9-10H2,1-2H3,(H,20,25). The Hall–Kier alpha value is -3.36. The number of methoxy groups -OCH3 is 2. The smallest absolute Gasteiger partial charge is 0.231 e. The molecule has 0 saturated heterocycles. The first-order chi connectivity index (χ1) is 13.7. The third-order valence-corrected chi connectivity index (χ3v) is 4.49. The molecule has 9 heteroatoms. The summed E-state index contributed by atoms with van der Waals surface area (Å²) < 4.78 is 18.0. The largest absolute Gasteiger partial charge is 0.497 e. The Kier molecular flexibility index (Phi) is 4.96. The summed E-state index contributed by atoms with van der Waals surface area (Å²) in [5.41, 5.74) is 1.32. The summed E-state index contributed by atoms with van der Waals surface area (Å²) in [4.78, 5) is 11.6. The summed E-state index contributed by atoms with van der Waals surface area (Å²) in [6.45, 7) is 0.774. The highest BCUT2D eigenvalue weighted by Crippen LogP contribution is 2.32. The van der Waals surface area contributed by atoms with Gasteiger partial charge in [-0.2, -0.15) is 4.52 Å². The van der Waals surface area contributed by atoms with Gasteiger partial charge >= 0.3 is 0 Å². The first-order valence-corrected chi connectivity index (χ1v) is 9.05. The second kappa shape index (κ2) is 7.71. The number of fused-ring (bicyclic) bond motifs is 1. The highest BCUT2D eigenvalue weighted by atomic mass is 16.5. The fraction of sp³-hybridized carbons (Fsp3) is 0.368. The van der Waals surface area contributed by atoms with E-state index in [2.05, 4.69) is 20.6 Å². The minimum atomic E-state index is 0.0970. The SMILES string of the molecule is COc1ccc(-c2nnc3ccc(OCCNC(=O)C4CC4)nn23)c(OC)c1. The Balaban J connectivity index is 1.52. The molecule has 0 aliphatic heterocycles. The molecule has 1 aliphatic carbocycles. The van der Waals surface area contributed by atoms with Crippen LogP contribution in [0.3, 0.4) is 0 Å². The maximum absolute atomic E-state index is 11.6. The van der Waals surface area contributed by atoms with Crippen LogP contribution in [0.5, 0.6) is 17.4 Å². The van der Waals surface area contributed by atoms with Gasteiger partial charge in [0, 0.05) is 18.1 Å². The summed E-state index contributed by atoms with van der Waals surface area (Å²) in [7, 11) is 3.18. The van der Waals surface area contributed by atoms with Crippen LogP contribution in [0, 0.1) is 5.92 Å². The van der Waals surface area contributed by atoms with Crippen molar-refractivity contribution in [2.24, 2.45) is 5.92 Å². The number of carbonyl (C=O) groups excluding carboxylic acids is 1. The highest BCUT2D eigenvalue weighted by Gasteiger charge is 2.29. The molecule has 0 atom stereocenters. The zero-order valence-corrected chi connectivity index (χ0v) is 15.7. The number of nitrogens with one attached hydrogen (secondary N) is 1. The van der Waals surface area contributed by atoms with E-state index in [9.17, 15) is 4.79 Å². The fourth-order valence-electron chi connectivity index (χ4n) is 2.82. The van der Waals surface area contributed by atoms with E-state index in [1.54, 1.807) is 36.9 Å². The molecule has 1 N–H and O–H groups in total. The van der Waals surface area contributed by atoms with Gasteiger partial charge in [-0.25, -0.2) is 0 Å². The van der Waals surface area contributed by atoms with Crippen molar-refractivity contribution in [3.8, 4) is 28.8 Å². The highest BCUT2D eigenvalue weighted by molar-refractivity contribution is 5.80. The molecular formula is C19H21N5O4. The Morgan fingerprint density at radius 3 is 2.79 bits per heavy atom. The molecule has 28 heavy (non-hydrogen) atoms. The number of carbonyl (C=O) groups is 1. The van der Waals surface area contributed by atoms with Crippen molar-refractivity contribution in [3.63, 3.8) is 0 Å². The molecule has 2 heterocycles. The van der Waals surface area contributed by atoms with Crippen molar-refractivity contribution in [2.75, 3.05) is 27.4 Å². The molecule has 3 aromatic rings. The van der Waals surface area contributed by atoms with Crippen molar-refractivity contribution >= 4 is 11.6 Å². The molecule has 1 saturated carbocycles. The van der Waals surface area contributed by atoms with Gasteiger partial charge in [0.15, 0.2) is 11.5 Å². The molecule has 1 aromatic carbocycles. The van der Waals surface area contributed by atoms with Crippen LogP contribution in [0.1, 0.15) is 12.8 Å². The number of hydrogen-bond donors (Lipinski definition) is 1. The van der Waals surface area contributed by atoms with Crippen LogP contribution in [0.4, 0.5) is 0 Å². The van der Waals surface area contributed by atoms with E-state index in [4.69, 9.17) is 14.2 Å². The van der Waals surface area contributed by atoms with E-state index >= 15 is 0 Å². The summed E-state index contributed by atoms with van der Waals surface area (Å²) >= 11 is 0. The van der Waals surface area contributed by atoms with E-state index in [0.29, 0.717) is 42.0 Å². The summed E-state index contributed by atoms with van der Waals surface area (Å²) in [6.07, 6.45) is 1.96. The Morgan fingerprint density at radius 1 is 1.18 bits per heavy atom. The minimum absolute atomic E-state index is 0.0970. The van der Waals surface area contributed by atoms with Crippen LogP contribution in [0.2, 0.25) is 0 Å². The molecular weight excluding hydrogens is 362 g/mol. The molecule has 0 unspecified atom stereocenters. The van der Waals surface area contributed by atoms with Gasteiger partial charge in [-0.3, -0.25) is 4.79 Å². The summed E-state index contributed by atoms with van der Waals surface area (Å²) in [5, 5.41) is 15.7. The minimum Gasteiger partial charge on any atom is -0.497 e. The lowest BCUT2D eigenvalue weighted by Gasteiger charge is -2.10. The predicted molar refractivity (Wildman–Crippen MR) is 101 cm³/mol. The van der Waals surface area contributed by atoms with Gasteiger partial charge in [0.2, 0.25) is 11.8 Å². The lowest BCUT2D eigenvalue weighted by atomic mass is 10.2. The topological polar surface area (TPSA) is 99.9 Å². The molecule has 1 fully saturated rings. The quantitative estimate of drug-likeness (QED) is 0.591. The average Bonchev–Trinajstić information content (AvgIpc) is 3.50. The molecule has 1 aliphatic rings. The number of rotatable bonds is 8. The van der Waals surface area contributed by atoms with Crippen molar-refractivity contribution in [1.29, 1.82) is 0 Å². The zero-order valence-electron chi connectivity index (χ0n) is 15.7. The second-order valence-electron chi connectivity index (χ2n) is 6.45. The first-order valence-electron chi connectivity index (χ1n) is 9.05. The van der Waals surface area contributed by atoms with Crippen LogP contribution < -0.4 is 19.5 Å². The van der Waals surface area contributed by atoms with E-state index in [1.165, 1.54) is 0 Å². The van der Waals surface area contributed by atoms with Gasteiger partial charge < -0.3 is 19.5 Å². The number of aromatic nitrogens is 4. The molecule has 1 amide bonds. The molecule has 9 nitrogen and oxygen atoms in total. The maximum atomic E-state index is 11.6. The van der Waals surface area contributed by atoms with Gasteiger partial charge in [-0.05, 0) is 31.0 Å². The maximum Gasteiger partial charge on any atom is 0.231 e. The number of hydrogen-bond acceptors (Lipinski definition) is 7. The summed E-state index contributed by atoms with van der Waals surface area (Å²) in [6, 6.07) is 8.94. The third kappa shape index (κ3) is 3.68. The van der Waals surface area contributed by atoms with Gasteiger partial charge in [0.05, 0.1) is 26.3 Å². The average molecular weight is 383 g/mol. The van der Waals surface area contributed by atoms with Crippen molar-refractivity contribution in [3.05, 3.63) is 30.3 Å². The molecule has 0 bridgehead atoms. The molecule has 4 rings (SSSR count). The lowest BCUT2D eigenvalue weighted by molar-refractivity contribution is -0.122. The summed E-state index contributed by atoms with van der Waals surface area (Å²) in [5.74, 6) is 2.51. The normalized spacial score (nSPS) is 13.4. The van der Waals surface area contributed by atoms with Gasteiger partial charge in [-0.1, -0.05) is 0 Å². The van der Waals surface area contributed by atoms with Crippen molar-refractivity contribution < 1.29 is 19.0 Å². The van der Waals surface area contributed by atoms with Crippen LogP contribution in [0.15, 0.2) is 30.3 Å². The van der Waals surface area contributed by atoms with Gasteiger partial charge in [-0.15, -0.1) is 15.3 Å². The number of ether oxygens (including phenoxy) is 3. The van der Waals surface area contributed by atoms with Gasteiger partial charge in [0.25, 0.3) is 0 Å². The molecule has 146 valence electrons. The van der Waals surface area contributed by atoms with Crippen LogP contribution in [0.25, 0.3) is 17.0 Å². The molecule has 2 aromatic heterocycles.